The molecule has 0 aromatic carbocycles. The third-order valence-electron chi connectivity index (χ3n) is 1.13. The van der Waals surface area contributed by atoms with Gasteiger partial charge in [-0.05, 0) is 7.05 Å². The van der Waals surface area contributed by atoms with Gasteiger partial charge in [-0.3, -0.25) is 4.79 Å². The number of rotatable bonds is 2. The lowest BCUT2D eigenvalue weighted by atomic mass is 10.6. The molecule has 0 aromatic rings. The summed E-state index contributed by atoms with van der Waals surface area (Å²) in [6, 6.07) is 0. The van der Waals surface area contributed by atoms with Crippen molar-refractivity contribution < 1.29 is 4.79 Å². The minimum atomic E-state index is 0.215. The largest absolute Gasteiger partial charge is 0.338 e. The van der Waals surface area contributed by atoms with Gasteiger partial charge in [-0.1, -0.05) is 0 Å². The van der Waals surface area contributed by atoms with Crippen molar-refractivity contribution in [3.05, 3.63) is 0 Å². The van der Waals surface area contributed by atoms with Crippen LogP contribution in [0.15, 0.2) is 0 Å². The maximum Gasteiger partial charge on any atom is 0.236 e. The average molecular weight is 114 g/mol. The van der Waals surface area contributed by atoms with Crippen LogP contribution in [-0.2, 0) is 4.79 Å². The summed E-state index contributed by atoms with van der Waals surface area (Å²) in [4.78, 5) is 12.5. The number of hydrogen-bond acceptors (Lipinski definition) is 2. The van der Waals surface area contributed by atoms with Crippen molar-refractivity contribution in [1.82, 2.24) is 10.2 Å². The molecule has 0 aromatic heterocycles. The first-order valence-corrected chi connectivity index (χ1v) is 2.77. The molecule has 1 aliphatic heterocycles. The zero-order chi connectivity index (χ0) is 5.98. The van der Waals surface area contributed by atoms with Crippen molar-refractivity contribution in [2.75, 3.05) is 26.7 Å². The first-order chi connectivity index (χ1) is 3.84. The Morgan fingerprint density at radius 1 is 1.75 bits per heavy atom. The van der Waals surface area contributed by atoms with Crippen LogP contribution < -0.4 is 5.32 Å². The molecule has 0 radical (unpaired) electrons. The summed E-state index contributed by atoms with van der Waals surface area (Å²) in [6.07, 6.45) is 0. The molecule has 0 unspecified atom stereocenters. The van der Waals surface area contributed by atoms with Crippen LogP contribution in [0.1, 0.15) is 0 Å². The van der Waals surface area contributed by atoms with E-state index in [2.05, 4.69) is 5.32 Å². The van der Waals surface area contributed by atoms with Gasteiger partial charge in [-0.25, -0.2) is 0 Å². The second kappa shape index (κ2) is 2.13. The summed E-state index contributed by atoms with van der Waals surface area (Å²) >= 11 is 0. The number of nitrogens with one attached hydrogen (secondary N) is 1. The van der Waals surface area contributed by atoms with E-state index in [1.54, 1.807) is 11.9 Å². The first-order valence-electron chi connectivity index (χ1n) is 2.77. The van der Waals surface area contributed by atoms with Crippen LogP contribution in [0.25, 0.3) is 0 Å². The highest BCUT2D eigenvalue weighted by Crippen LogP contribution is 2.01. The molecule has 1 heterocycles. The number of nitrogens with zero attached hydrogens (tertiary/aromatic N) is 1. The number of amides is 1. The Kier molecular flexibility index (Phi) is 1.48. The molecule has 1 rings (SSSR count). The SMILES string of the molecule is CNCC(=O)N1CC1. The Balaban J connectivity index is 2.13. The van der Waals surface area contributed by atoms with Crippen molar-refractivity contribution in [1.29, 1.82) is 0 Å². The second-order valence-electron chi connectivity index (χ2n) is 1.91. The zero-order valence-electron chi connectivity index (χ0n) is 4.98. The van der Waals surface area contributed by atoms with Crippen LogP contribution in [0.2, 0.25) is 0 Å². The topological polar surface area (TPSA) is 32.1 Å². The molecular formula is C5H10N2O. The molecule has 1 aliphatic rings. The van der Waals surface area contributed by atoms with Crippen molar-refractivity contribution >= 4 is 5.91 Å². The van der Waals surface area contributed by atoms with Crippen molar-refractivity contribution in [3.8, 4) is 0 Å². The summed E-state index contributed by atoms with van der Waals surface area (Å²) in [6.45, 7) is 2.40. The second-order valence-corrected chi connectivity index (χ2v) is 1.91. The number of carbonyl (C=O) groups excluding carboxylic acids is 1. The molecule has 0 aliphatic carbocycles. The predicted octanol–water partition coefficient (Wildman–Crippen LogP) is -0.952. The highest BCUT2D eigenvalue weighted by atomic mass is 16.2. The fourth-order valence-corrected chi connectivity index (χ4v) is 0.562. The highest BCUT2D eigenvalue weighted by Gasteiger charge is 2.22. The Hall–Kier alpha value is -0.570. The van der Waals surface area contributed by atoms with Crippen LogP contribution in [0, 0.1) is 0 Å². The molecular weight excluding hydrogens is 104 g/mol. The normalized spacial score (nSPS) is 16.4. The molecule has 0 spiro atoms. The number of likely N-dealkylation sites (N-methyl/N-ethyl adjacent to an activating group) is 1. The smallest absolute Gasteiger partial charge is 0.236 e. The molecule has 1 N–H and O–H groups in total. The quantitative estimate of drug-likeness (QED) is 0.469. The van der Waals surface area contributed by atoms with Gasteiger partial charge in [0.2, 0.25) is 5.91 Å². The third kappa shape index (κ3) is 1.20. The van der Waals surface area contributed by atoms with Gasteiger partial charge in [0, 0.05) is 13.1 Å². The van der Waals surface area contributed by atoms with Crippen LogP contribution in [-0.4, -0.2) is 37.5 Å². The van der Waals surface area contributed by atoms with Crippen molar-refractivity contribution in [2.45, 2.75) is 0 Å². The standard InChI is InChI=1S/C5H10N2O/c1-6-4-5(8)7-2-3-7/h6H,2-4H2,1H3. The van der Waals surface area contributed by atoms with Crippen molar-refractivity contribution in [2.24, 2.45) is 0 Å². The summed E-state index contributed by atoms with van der Waals surface area (Å²) in [5.74, 6) is 0.215. The summed E-state index contributed by atoms with van der Waals surface area (Å²) in [5, 5.41) is 2.80. The van der Waals surface area contributed by atoms with E-state index in [0.717, 1.165) is 13.1 Å². The van der Waals surface area contributed by atoms with Gasteiger partial charge in [0.15, 0.2) is 0 Å². The van der Waals surface area contributed by atoms with E-state index in [-0.39, 0.29) is 5.91 Å². The minimum absolute atomic E-state index is 0.215. The number of carbonyl (C=O) groups is 1. The van der Waals surface area contributed by atoms with Gasteiger partial charge in [0.1, 0.15) is 0 Å². The van der Waals surface area contributed by atoms with Crippen LogP contribution in [0.3, 0.4) is 0 Å². The molecule has 0 atom stereocenters. The van der Waals surface area contributed by atoms with Gasteiger partial charge < -0.3 is 10.2 Å². The highest BCUT2D eigenvalue weighted by molar-refractivity contribution is 5.80. The van der Waals surface area contributed by atoms with E-state index in [9.17, 15) is 4.79 Å². The lowest BCUT2D eigenvalue weighted by Crippen LogP contribution is -2.24. The molecule has 1 amide bonds. The predicted molar refractivity (Wildman–Crippen MR) is 30.5 cm³/mol. The Morgan fingerprint density at radius 3 is 2.75 bits per heavy atom. The molecule has 0 saturated carbocycles. The maximum absolute atomic E-state index is 10.7. The van der Waals surface area contributed by atoms with Crippen LogP contribution >= 0.6 is 0 Å². The third-order valence-corrected chi connectivity index (χ3v) is 1.13. The zero-order valence-corrected chi connectivity index (χ0v) is 4.98. The molecule has 8 heavy (non-hydrogen) atoms. The summed E-state index contributed by atoms with van der Waals surface area (Å²) in [7, 11) is 1.78. The molecule has 3 heteroatoms. The molecule has 1 fully saturated rings. The molecule has 1 saturated heterocycles. The summed E-state index contributed by atoms with van der Waals surface area (Å²) < 4.78 is 0. The van der Waals surface area contributed by atoms with Gasteiger partial charge in [-0.15, -0.1) is 0 Å². The van der Waals surface area contributed by atoms with E-state index >= 15 is 0 Å². The Labute approximate surface area is 48.7 Å². The Morgan fingerprint density at radius 2 is 2.38 bits per heavy atom. The fraction of sp³-hybridized carbons (Fsp3) is 0.800. The molecule has 3 nitrogen and oxygen atoms in total. The minimum Gasteiger partial charge on any atom is -0.338 e. The summed E-state index contributed by atoms with van der Waals surface area (Å²) in [5.41, 5.74) is 0. The van der Waals surface area contributed by atoms with Crippen LogP contribution in [0.4, 0.5) is 0 Å². The van der Waals surface area contributed by atoms with E-state index < -0.39 is 0 Å². The first kappa shape index (κ1) is 5.56. The van der Waals surface area contributed by atoms with E-state index in [1.165, 1.54) is 0 Å². The lowest BCUT2D eigenvalue weighted by Gasteiger charge is -1.96. The monoisotopic (exact) mass is 114 g/mol. The van der Waals surface area contributed by atoms with Gasteiger partial charge >= 0.3 is 0 Å². The van der Waals surface area contributed by atoms with Gasteiger partial charge in [-0.2, -0.15) is 0 Å². The lowest BCUT2D eigenvalue weighted by molar-refractivity contribution is -0.124. The Bertz CT molecular complexity index is 98.6. The van der Waals surface area contributed by atoms with E-state index in [0.29, 0.717) is 6.54 Å². The fourth-order valence-electron chi connectivity index (χ4n) is 0.562. The molecule has 46 valence electrons. The van der Waals surface area contributed by atoms with Crippen LogP contribution in [0.5, 0.6) is 0 Å². The average Bonchev–Trinajstić information content (AvgIpc) is 2.45. The number of hydrogen-bond donors (Lipinski definition) is 1. The van der Waals surface area contributed by atoms with E-state index in [4.69, 9.17) is 0 Å². The van der Waals surface area contributed by atoms with Gasteiger partial charge in [0.05, 0.1) is 6.54 Å². The van der Waals surface area contributed by atoms with Gasteiger partial charge in [0.25, 0.3) is 0 Å². The molecule has 0 bridgehead atoms. The van der Waals surface area contributed by atoms with E-state index in [1.807, 2.05) is 0 Å². The maximum atomic E-state index is 10.7. The van der Waals surface area contributed by atoms with Crippen molar-refractivity contribution in [3.63, 3.8) is 0 Å².